The zero-order chi connectivity index (χ0) is 21.5. The Morgan fingerprint density at radius 2 is 1.67 bits per heavy atom. The van der Waals surface area contributed by atoms with Gasteiger partial charge in [0.25, 0.3) is 5.91 Å². The number of hydrogen-bond acceptors (Lipinski definition) is 4. The molecule has 2 heterocycles. The van der Waals surface area contributed by atoms with Crippen LogP contribution in [-0.4, -0.2) is 60.8 Å². The second kappa shape index (κ2) is 7.58. The predicted octanol–water partition coefficient (Wildman–Crippen LogP) is 2.37. The smallest absolute Gasteiger partial charge is 0.327 e. The minimum atomic E-state index is -1.01. The van der Waals surface area contributed by atoms with Crippen LogP contribution in [0.1, 0.15) is 48.5 Å². The van der Waals surface area contributed by atoms with Crippen LogP contribution in [0.2, 0.25) is 0 Å². The summed E-state index contributed by atoms with van der Waals surface area (Å²) in [5.41, 5.74) is -0.168. The molecule has 1 amide bonds. The summed E-state index contributed by atoms with van der Waals surface area (Å²) in [5.74, 6) is 1.66. The normalized spacial score (nSPS) is 27.6. The molecular formula is C19H29NO6S. The van der Waals surface area contributed by atoms with E-state index >= 15 is 0 Å². The summed E-state index contributed by atoms with van der Waals surface area (Å²) >= 11 is 0. The Balaban J connectivity index is 0.000000445. The summed E-state index contributed by atoms with van der Waals surface area (Å²) in [6.07, 6.45) is 1.37. The highest BCUT2D eigenvalue weighted by molar-refractivity contribution is 8.16. The molecule has 0 aliphatic carbocycles. The summed E-state index contributed by atoms with van der Waals surface area (Å²) < 4.78 is -0.595. The molecule has 0 aromatic carbocycles. The first-order valence-electron chi connectivity index (χ1n) is 8.62. The Morgan fingerprint density at radius 1 is 1.22 bits per heavy atom. The molecule has 2 fully saturated rings. The Morgan fingerprint density at radius 3 is 2.00 bits per heavy atom. The number of carboxylic acids is 2. The van der Waals surface area contributed by atoms with Crippen LogP contribution in [0.3, 0.4) is 0 Å². The molecule has 0 saturated carbocycles. The maximum absolute atomic E-state index is 12.2. The van der Waals surface area contributed by atoms with Crippen LogP contribution in [0.25, 0.3) is 0 Å². The van der Waals surface area contributed by atoms with Crippen LogP contribution < -0.4 is 0 Å². The maximum atomic E-state index is 12.2. The number of nitrogens with zero attached hydrogens (tertiary/aromatic N) is 1. The van der Waals surface area contributed by atoms with Gasteiger partial charge < -0.3 is 15.1 Å². The Bertz CT molecular complexity index is 729. The number of carboxylic acid groups (broad SMARTS) is 2. The minimum Gasteiger partial charge on any atom is -0.481 e. The number of β-lactam (4-membered cyclic amide) rings is 1. The van der Waals surface area contributed by atoms with Crippen LogP contribution in [-0.2, 0) is 19.2 Å². The van der Waals surface area contributed by atoms with Gasteiger partial charge in [0, 0.05) is 10.7 Å². The Hall–Kier alpha value is -1.96. The van der Waals surface area contributed by atoms with E-state index in [-0.39, 0.29) is 23.0 Å². The molecule has 0 radical (unpaired) electrons. The monoisotopic (exact) mass is 399 g/mol. The summed E-state index contributed by atoms with van der Waals surface area (Å²) in [7, 11) is -0.549. The molecule has 1 unspecified atom stereocenters. The maximum Gasteiger partial charge on any atom is 0.327 e. The number of hydrogen-bond donors (Lipinski definition) is 2. The number of rotatable bonds is 3. The van der Waals surface area contributed by atoms with Crippen molar-refractivity contribution in [3.05, 3.63) is 11.6 Å². The molecule has 0 aromatic rings. The molecule has 2 N–H and O–H groups in total. The molecular weight excluding hydrogens is 370 g/mol. The van der Waals surface area contributed by atoms with E-state index in [2.05, 4.69) is 5.87 Å². The van der Waals surface area contributed by atoms with Crippen molar-refractivity contribution in [2.75, 3.05) is 0 Å². The number of carbonyl (C=O) groups excluding carboxylic acids is 2. The Kier molecular flexibility index (Phi) is 6.48. The lowest BCUT2D eigenvalue weighted by molar-refractivity contribution is -0.152. The third kappa shape index (κ3) is 4.31. The highest BCUT2D eigenvalue weighted by Crippen LogP contribution is 2.56. The van der Waals surface area contributed by atoms with Crippen molar-refractivity contribution in [3.63, 3.8) is 0 Å². The second-order valence-corrected chi connectivity index (χ2v) is 10.9. The molecule has 152 valence electrons. The second-order valence-electron chi connectivity index (χ2n) is 8.55. The largest absolute Gasteiger partial charge is 0.481 e. The minimum absolute atomic E-state index is 0.110. The van der Waals surface area contributed by atoms with E-state index < -0.39 is 38.6 Å². The third-order valence-electron chi connectivity index (χ3n) is 4.62. The van der Waals surface area contributed by atoms with E-state index in [0.29, 0.717) is 5.57 Å². The van der Waals surface area contributed by atoms with Gasteiger partial charge in [0.2, 0.25) is 0 Å². The summed E-state index contributed by atoms with van der Waals surface area (Å²) in [4.78, 5) is 46.8. The number of fused-ring (bicyclic) bond motifs is 1. The van der Waals surface area contributed by atoms with E-state index in [1.54, 1.807) is 34.6 Å². The van der Waals surface area contributed by atoms with Crippen molar-refractivity contribution in [1.82, 2.24) is 4.90 Å². The van der Waals surface area contributed by atoms with Gasteiger partial charge in [-0.15, -0.1) is 0 Å². The molecule has 2 rings (SSSR count). The lowest BCUT2D eigenvalue weighted by Crippen LogP contribution is -2.58. The van der Waals surface area contributed by atoms with Crippen LogP contribution in [0.5, 0.6) is 0 Å². The topological polar surface area (TPSA) is 112 Å². The highest BCUT2D eigenvalue weighted by Gasteiger charge is 2.62. The zero-order valence-corrected chi connectivity index (χ0v) is 17.7. The van der Waals surface area contributed by atoms with E-state index in [1.165, 1.54) is 11.0 Å². The first kappa shape index (κ1) is 23.1. The van der Waals surface area contributed by atoms with Gasteiger partial charge in [-0.1, -0.05) is 19.7 Å². The predicted molar refractivity (Wildman–Crippen MR) is 106 cm³/mol. The fourth-order valence-electron chi connectivity index (χ4n) is 2.62. The van der Waals surface area contributed by atoms with Crippen LogP contribution in [0.15, 0.2) is 11.6 Å². The Labute approximate surface area is 162 Å². The average molecular weight is 400 g/mol. The van der Waals surface area contributed by atoms with E-state index in [9.17, 15) is 24.3 Å². The number of allylic oxidation sites excluding steroid dienone is 1. The molecule has 27 heavy (non-hydrogen) atoms. The van der Waals surface area contributed by atoms with Gasteiger partial charge in [0.05, 0.1) is 11.0 Å². The van der Waals surface area contributed by atoms with Crippen molar-refractivity contribution in [2.45, 2.75) is 64.6 Å². The number of aliphatic carboxylic acids is 2. The van der Waals surface area contributed by atoms with Gasteiger partial charge in [-0.2, -0.15) is 10.5 Å². The SMILES string of the molecule is C=S1[C@@H]2C(=CC(=O)C(C)C)C(=O)N2[C@@H](C(=O)O)C1(C)C.CC(C)(C)C(=O)O. The van der Waals surface area contributed by atoms with Gasteiger partial charge >= 0.3 is 11.9 Å². The number of carbonyl (C=O) groups is 4. The summed E-state index contributed by atoms with van der Waals surface area (Å²) in [6.45, 7) is 12.1. The average Bonchev–Trinajstić information content (AvgIpc) is 2.69. The van der Waals surface area contributed by atoms with Crippen LogP contribution >= 0.6 is 10.5 Å². The van der Waals surface area contributed by atoms with Crippen LogP contribution in [0, 0.1) is 11.3 Å². The van der Waals surface area contributed by atoms with E-state index in [0.717, 1.165) is 0 Å². The van der Waals surface area contributed by atoms with E-state index in [1.807, 2.05) is 13.8 Å². The molecule has 2 aliphatic heterocycles. The van der Waals surface area contributed by atoms with Crippen molar-refractivity contribution in [1.29, 1.82) is 0 Å². The molecule has 0 spiro atoms. The molecule has 3 atom stereocenters. The third-order valence-corrected chi connectivity index (χ3v) is 7.22. The van der Waals surface area contributed by atoms with Gasteiger partial charge in [0.1, 0.15) is 11.4 Å². The van der Waals surface area contributed by atoms with Crippen molar-refractivity contribution in [3.8, 4) is 0 Å². The van der Waals surface area contributed by atoms with Crippen molar-refractivity contribution < 1.29 is 29.4 Å². The first-order chi connectivity index (χ1) is 12.0. The fraction of sp³-hybridized carbons (Fsp3) is 0.632. The first-order valence-corrected chi connectivity index (χ1v) is 10.1. The van der Waals surface area contributed by atoms with Crippen molar-refractivity contribution >= 4 is 40.0 Å². The molecule has 7 nitrogen and oxygen atoms in total. The number of amides is 1. The number of ketones is 1. The quantitative estimate of drug-likeness (QED) is 0.428. The van der Waals surface area contributed by atoms with Crippen molar-refractivity contribution in [2.24, 2.45) is 11.3 Å². The fourth-order valence-corrected chi connectivity index (χ4v) is 4.67. The standard InChI is InChI=1S/C14H19NO4S.C5H10O2/c1-7(2)9(16)6-8-11(17)15-10(13(18)19)14(3,4)20(5)12(8)15;1-5(2,3)4(6)7/h6-7,10,12H,5H2,1-4H3,(H,18,19);1-3H3,(H,6,7)/t10-,12+,20?;/m0./s1. The van der Waals surface area contributed by atoms with Gasteiger partial charge in [0.15, 0.2) is 5.78 Å². The molecule has 0 bridgehead atoms. The molecule has 2 saturated heterocycles. The van der Waals surface area contributed by atoms with E-state index in [4.69, 9.17) is 5.11 Å². The molecule has 2 aliphatic rings. The zero-order valence-electron chi connectivity index (χ0n) is 16.9. The van der Waals surface area contributed by atoms with Gasteiger partial charge in [-0.05, 0) is 40.7 Å². The van der Waals surface area contributed by atoms with Gasteiger partial charge in [-0.3, -0.25) is 14.4 Å². The van der Waals surface area contributed by atoms with Crippen LogP contribution in [0.4, 0.5) is 0 Å². The molecule has 8 heteroatoms. The molecule has 0 aromatic heterocycles. The lowest BCUT2D eigenvalue weighted by Gasteiger charge is -2.39. The summed E-state index contributed by atoms with van der Waals surface area (Å²) in [6, 6.07) is -0.868. The highest BCUT2D eigenvalue weighted by atomic mass is 32.2. The summed E-state index contributed by atoms with van der Waals surface area (Å²) in [5, 5.41) is 17.3. The lowest BCUT2D eigenvalue weighted by atomic mass is 9.94. The van der Waals surface area contributed by atoms with Gasteiger partial charge in [-0.25, -0.2) is 4.79 Å².